The van der Waals surface area contributed by atoms with Crippen LogP contribution in [-0.2, 0) is 0 Å². The molecule has 20 heavy (non-hydrogen) atoms. The summed E-state index contributed by atoms with van der Waals surface area (Å²) in [5.41, 5.74) is 0.995. The summed E-state index contributed by atoms with van der Waals surface area (Å²) in [6, 6.07) is 8.34. The molecule has 2 aromatic rings. The second-order valence-corrected chi connectivity index (χ2v) is 6.05. The highest BCUT2D eigenvalue weighted by Gasteiger charge is 2.15. The zero-order valence-corrected chi connectivity index (χ0v) is 13.2. The minimum absolute atomic E-state index is 0.116. The molecule has 0 saturated carbocycles. The second kappa shape index (κ2) is 6.85. The molecule has 0 saturated heterocycles. The summed E-state index contributed by atoms with van der Waals surface area (Å²) in [4.78, 5) is 1.20. The summed E-state index contributed by atoms with van der Waals surface area (Å²) in [6.45, 7) is 7.40. The molecule has 1 aromatic heterocycles. The Morgan fingerprint density at radius 3 is 2.80 bits per heavy atom. The Morgan fingerprint density at radius 2 is 2.10 bits per heavy atom. The molecule has 0 fully saturated rings. The molecule has 1 N–H and O–H groups in total. The summed E-state index contributed by atoms with van der Waals surface area (Å²) in [6.07, 6.45) is 2.06. The van der Waals surface area contributed by atoms with E-state index in [0.29, 0.717) is 5.92 Å². The Kier molecular flexibility index (Phi) is 5.14. The number of thioether (sulfide) groups is 1. The van der Waals surface area contributed by atoms with E-state index >= 15 is 0 Å². The van der Waals surface area contributed by atoms with Gasteiger partial charge in [-0.25, -0.2) is 0 Å². The molecule has 2 rings (SSSR count). The number of benzene rings is 1. The van der Waals surface area contributed by atoms with Gasteiger partial charge in [-0.3, -0.25) is 0 Å². The summed E-state index contributed by atoms with van der Waals surface area (Å²) >= 11 is 1.71. The van der Waals surface area contributed by atoms with Crippen LogP contribution in [0.2, 0.25) is 0 Å². The highest BCUT2D eigenvalue weighted by molar-refractivity contribution is 7.98. The van der Waals surface area contributed by atoms with Crippen LogP contribution < -0.4 is 5.32 Å². The third-order valence-electron chi connectivity index (χ3n) is 3.01. The zero-order chi connectivity index (χ0) is 14.5. The van der Waals surface area contributed by atoms with E-state index in [4.69, 9.17) is 0 Å². The van der Waals surface area contributed by atoms with Gasteiger partial charge in [0.05, 0.1) is 11.7 Å². The fourth-order valence-electron chi connectivity index (χ4n) is 1.89. The van der Waals surface area contributed by atoms with Gasteiger partial charge >= 0.3 is 0 Å². The van der Waals surface area contributed by atoms with Crippen molar-refractivity contribution in [2.24, 2.45) is 5.92 Å². The van der Waals surface area contributed by atoms with Crippen molar-refractivity contribution in [2.45, 2.75) is 31.7 Å². The molecule has 0 amide bonds. The molecular formula is C14H21N5S. The van der Waals surface area contributed by atoms with Gasteiger partial charge in [-0.1, -0.05) is 19.9 Å². The van der Waals surface area contributed by atoms with Crippen LogP contribution in [0.1, 0.15) is 32.6 Å². The summed E-state index contributed by atoms with van der Waals surface area (Å²) < 4.78 is 1.80. The van der Waals surface area contributed by atoms with E-state index in [1.807, 2.05) is 12.1 Å². The molecule has 108 valence electrons. The van der Waals surface area contributed by atoms with E-state index < -0.39 is 0 Å². The minimum Gasteiger partial charge on any atom is -0.307 e. The summed E-state index contributed by atoms with van der Waals surface area (Å²) in [5.74, 6) is 1.44. The number of hydrogen-bond acceptors (Lipinski definition) is 5. The molecule has 1 aromatic carbocycles. The molecule has 1 heterocycles. The Labute approximate surface area is 124 Å². The first kappa shape index (κ1) is 15.0. The van der Waals surface area contributed by atoms with Crippen LogP contribution in [0.3, 0.4) is 0 Å². The van der Waals surface area contributed by atoms with E-state index in [0.717, 1.165) is 18.1 Å². The maximum atomic E-state index is 4.16. The maximum absolute atomic E-state index is 4.16. The van der Waals surface area contributed by atoms with E-state index in [9.17, 15) is 0 Å². The smallest absolute Gasteiger partial charge is 0.173 e. The first-order chi connectivity index (χ1) is 9.61. The van der Waals surface area contributed by atoms with Crippen molar-refractivity contribution in [3.63, 3.8) is 0 Å². The topological polar surface area (TPSA) is 55.6 Å². The standard InChI is InChI=1S/C14H21N5S/c1-10(2)9-15-11(3)14-16-17-18-19(14)12-6-5-7-13(8-12)20-4/h5-8,10-11,15H,9H2,1-4H3. The van der Waals surface area contributed by atoms with Crippen LogP contribution in [0.4, 0.5) is 0 Å². The predicted molar refractivity (Wildman–Crippen MR) is 82.2 cm³/mol. The molecule has 0 bridgehead atoms. The van der Waals surface area contributed by atoms with Crippen molar-refractivity contribution in [2.75, 3.05) is 12.8 Å². The van der Waals surface area contributed by atoms with Gasteiger partial charge in [-0.15, -0.1) is 16.9 Å². The molecule has 0 aliphatic heterocycles. The van der Waals surface area contributed by atoms with Gasteiger partial charge < -0.3 is 5.32 Å². The lowest BCUT2D eigenvalue weighted by Crippen LogP contribution is -2.25. The summed E-state index contributed by atoms with van der Waals surface area (Å²) in [5, 5.41) is 15.5. The number of nitrogens with one attached hydrogen (secondary N) is 1. The van der Waals surface area contributed by atoms with Gasteiger partial charge in [0.2, 0.25) is 0 Å². The van der Waals surface area contributed by atoms with E-state index in [2.05, 4.69) is 60.0 Å². The number of aromatic nitrogens is 4. The van der Waals surface area contributed by atoms with Crippen LogP contribution in [0.15, 0.2) is 29.2 Å². The van der Waals surface area contributed by atoms with Crippen LogP contribution in [0, 0.1) is 5.92 Å². The molecule has 6 heteroatoms. The minimum atomic E-state index is 0.116. The van der Waals surface area contributed by atoms with Gasteiger partial charge in [-0.2, -0.15) is 4.68 Å². The lowest BCUT2D eigenvalue weighted by molar-refractivity contribution is 0.475. The normalized spacial score (nSPS) is 12.8. The maximum Gasteiger partial charge on any atom is 0.173 e. The second-order valence-electron chi connectivity index (χ2n) is 5.17. The van der Waals surface area contributed by atoms with Gasteiger partial charge in [0, 0.05) is 4.90 Å². The predicted octanol–water partition coefficient (Wildman–Crippen LogP) is 2.69. The van der Waals surface area contributed by atoms with Crippen molar-refractivity contribution in [1.82, 2.24) is 25.5 Å². The zero-order valence-electron chi connectivity index (χ0n) is 12.4. The average molecular weight is 291 g/mol. The van der Waals surface area contributed by atoms with Crippen molar-refractivity contribution in [3.8, 4) is 5.69 Å². The fraction of sp³-hybridized carbons (Fsp3) is 0.500. The molecule has 1 atom stereocenters. The SMILES string of the molecule is CSc1cccc(-n2nnnc2C(C)NCC(C)C)c1. The number of nitrogens with zero attached hydrogens (tertiary/aromatic N) is 4. The van der Waals surface area contributed by atoms with E-state index in [-0.39, 0.29) is 6.04 Å². The Bertz CT molecular complexity index is 552. The van der Waals surface area contributed by atoms with Crippen LogP contribution in [0.5, 0.6) is 0 Å². The third kappa shape index (κ3) is 3.58. The molecule has 0 aliphatic rings. The van der Waals surface area contributed by atoms with E-state index in [1.165, 1.54) is 4.90 Å². The van der Waals surface area contributed by atoms with Crippen LogP contribution >= 0.6 is 11.8 Å². The Balaban J connectivity index is 2.23. The molecule has 0 aliphatic carbocycles. The number of rotatable bonds is 6. The third-order valence-corrected chi connectivity index (χ3v) is 3.74. The molecule has 5 nitrogen and oxygen atoms in total. The highest BCUT2D eigenvalue weighted by atomic mass is 32.2. The largest absolute Gasteiger partial charge is 0.307 e. The highest BCUT2D eigenvalue weighted by Crippen LogP contribution is 2.20. The van der Waals surface area contributed by atoms with Gasteiger partial charge in [0.1, 0.15) is 0 Å². The number of hydrogen-bond donors (Lipinski definition) is 1. The lowest BCUT2D eigenvalue weighted by Gasteiger charge is -2.15. The van der Waals surface area contributed by atoms with Crippen molar-refractivity contribution in [1.29, 1.82) is 0 Å². The fourth-order valence-corrected chi connectivity index (χ4v) is 2.35. The van der Waals surface area contributed by atoms with Crippen LogP contribution in [-0.4, -0.2) is 33.0 Å². The Morgan fingerprint density at radius 1 is 1.30 bits per heavy atom. The average Bonchev–Trinajstić information content (AvgIpc) is 2.94. The number of tetrazole rings is 1. The van der Waals surface area contributed by atoms with Gasteiger partial charge in [0.25, 0.3) is 0 Å². The quantitative estimate of drug-likeness (QED) is 0.829. The molecular weight excluding hydrogens is 270 g/mol. The van der Waals surface area contributed by atoms with E-state index in [1.54, 1.807) is 16.4 Å². The molecule has 0 radical (unpaired) electrons. The lowest BCUT2D eigenvalue weighted by atomic mass is 10.2. The van der Waals surface area contributed by atoms with Crippen molar-refractivity contribution in [3.05, 3.63) is 30.1 Å². The summed E-state index contributed by atoms with van der Waals surface area (Å²) in [7, 11) is 0. The monoisotopic (exact) mass is 291 g/mol. The molecule has 1 unspecified atom stereocenters. The first-order valence-corrected chi connectivity index (χ1v) is 8.00. The van der Waals surface area contributed by atoms with Crippen LogP contribution in [0.25, 0.3) is 5.69 Å². The van der Waals surface area contributed by atoms with Crippen molar-refractivity contribution < 1.29 is 0 Å². The molecule has 0 spiro atoms. The van der Waals surface area contributed by atoms with Crippen molar-refractivity contribution >= 4 is 11.8 Å². The van der Waals surface area contributed by atoms with Gasteiger partial charge in [-0.05, 0) is 54.3 Å². The first-order valence-electron chi connectivity index (χ1n) is 6.78. The Hall–Kier alpha value is -1.40. The van der Waals surface area contributed by atoms with Gasteiger partial charge in [0.15, 0.2) is 5.82 Å².